The van der Waals surface area contributed by atoms with Gasteiger partial charge in [-0.1, -0.05) is 33.6 Å². The number of ether oxygens (including phenoxy) is 1. The van der Waals surface area contributed by atoms with Crippen LogP contribution in [-0.4, -0.2) is 6.10 Å². The van der Waals surface area contributed by atoms with Gasteiger partial charge in [-0.2, -0.15) is 0 Å². The fourth-order valence-electron chi connectivity index (χ4n) is 1.79. The summed E-state index contributed by atoms with van der Waals surface area (Å²) < 4.78 is 6.63. The fraction of sp³-hybridized carbons (Fsp3) is 0.250. The molecule has 0 fully saturated rings. The highest BCUT2D eigenvalue weighted by molar-refractivity contribution is 9.10. The number of nitrogens with one attached hydrogen (secondary N) is 1. The Balaban J connectivity index is 1.96. The topological polar surface area (TPSA) is 21.3 Å². The lowest BCUT2D eigenvalue weighted by atomic mass is 10.2. The maximum absolute atomic E-state index is 5.93. The van der Waals surface area contributed by atoms with Gasteiger partial charge in [0.15, 0.2) is 0 Å². The highest BCUT2D eigenvalue weighted by atomic mass is 79.9. The van der Waals surface area contributed by atoms with Gasteiger partial charge in [0, 0.05) is 21.7 Å². The van der Waals surface area contributed by atoms with Crippen molar-refractivity contribution in [1.29, 1.82) is 0 Å². The minimum absolute atomic E-state index is 0.193. The molecule has 0 heterocycles. The number of halogens is 2. The minimum atomic E-state index is 0.193. The van der Waals surface area contributed by atoms with Crippen LogP contribution in [0, 0.1) is 0 Å². The predicted octanol–water partition coefficient (Wildman–Crippen LogP) is 5.50. The molecule has 0 saturated carbocycles. The first-order valence-corrected chi connectivity index (χ1v) is 7.66. The third-order valence-electron chi connectivity index (χ3n) is 2.72. The van der Waals surface area contributed by atoms with Gasteiger partial charge < -0.3 is 10.1 Å². The number of rotatable bonds is 5. The first-order valence-electron chi connectivity index (χ1n) is 6.49. The van der Waals surface area contributed by atoms with Crippen molar-refractivity contribution >= 4 is 33.2 Å². The Bertz CT molecular complexity index is 569. The van der Waals surface area contributed by atoms with Gasteiger partial charge in [0.25, 0.3) is 0 Å². The Morgan fingerprint density at radius 3 is 2.45 bits per heavy atom. The summed E-state index contributed by atoms with van der Waals surface area (Å²) in [7, 11) is 0. The zero-order valence-corrected chi connectivity index (χ0v) is 13.8. The zero-order chi connectivity index (χ0) is 14.5. The average molecular weight is 355 g/mol. The van der Waals surface area contributed by atoms with Crippen molar-refractivity contribution in [2.24, 2.45) is 0 Å². The Labute approximate surface area is 133 Å². The monoisotopic (exact) mass is 353 g/mol. The van der Waals surface area contributed by atoms with Crippen LogP contribution in [0.1, 0.15) is 19.4 Å². The second kappa shape index (κ2) is 7.00. The van der Waals surface area contributed by atoms with Crippen molar-refractivity contribution in [1.82, 2.24) is 0 Å². The standard InChI is InChI=1S/C16H17BrClNO/c1-11(2)20-15-7-5-14(6-8-15)19-10-12-3-4-13(18)9-16(12)17/h3-9,11,19H,10H2,1-2H3. The summed E-state index contributed by atoms with van der Waals surface area (Å²) >= 11 is 9.44. The van der Waals surface area contributed by atoms with Crippen LogP contribution in [0.5, 0.6) is 5.75 Å². The molecule has 0 saturated heterocycles. The maximum atomic E-state index is 5.93. The van der Waals surface area contributed by atoms with Crippen molar-refractivity contribution in [3.05, 3.63) is 57.5 Å². The lowest BCUT2D eigenvalue weighted by Crippen LogP contribution is -2.05. The quantitative estimate of drug-likeness (QED) is 0.765. The molecule has 0 aliphatic carbocycles. The Hall–Kier alpha value is -1.19. The predicted molar refractivity (Wildman–Crippen MR) is 88.7 cm³/mol. The van der Waals surface area contributed by atoms with E-state index in [0.717, 1.165) is 33.0 Å². The molecule has 106 valence electrons. The summed E-state index contributed by atoms with van der Waals surface area (Å²) in [6.07, 6.45) is 0.193. The maximum Gasteiger partial charge on any atom is 0.119 e. The number of hydrogen-bond donors (Lipinski definition) is 1. The van der Waals surface area contributed by atoms with Crippen LogP contribution in [0.15, 0.2) is 46.9 Å². The molecule has 0 aromatic heterocycles. The second-order valence-electron chi connectivity index (χ2n) is 4.78. The van der Waals surface area contributed by atoms with Gasteiger partial charge >= 0.3 is 0 Å². The van der Waals surface area contributed by atoms with Gasteiger partial charge in [-0.3, -0.25) is 0 Å². The Morgan fingerprint density at radius 2 is 1.85 bits per heavy atom. The van der Waals surface area contributed by atoms with E-state index in [0.29, 0.717) is 0 Å². The van der Waals surface area contributed by atoms with E-state index in [1.165, 1.54) is 0 Å². The summed E-state index contributed by atoms with van der Waals surface area (Å²) in [6.45, 7) is 4.77. The molecule has 2 rings (SSSR count). The lowest BCUT2D eigenvalue weighted by Gasteiger charge is -2.11. The highest BCUT2D eigenvalue weighted by Crippen LogP contribution is 2.23. The first-order chi connectivity index (χ1) is 9.54. The molecule has 0 amide bonds. The van der Waals surface area contributed by atoms with Crippen LogP contribution < -0.4 is 10.1 Å². The van der Waals surface area contributed by atoms with Gasteiger partial charge in [0.05, 0.1) is 6.10 Å². The molecule has 0 bridgehead atoms. The largest absolute Gasteiger partial charge is 0.491 e. The molecule has 4 heteroatoms. The molecule has 0 aliphatic heterocycles. The zero-order valence-electron chi connectivity index (χ0n) is 11.5. The molecular formula is C16H17BrClNO. The van der Waals surface area contributed by atoms with Crippen LogP contribution in [-0.2, 0) is 6.54 Å². The molecule has 0 spiro atoms. The van der Waals surface area contributed by atoms with E-state index >= 15 is 0 Å². The summed E-state index contributed by atoms with van der Waals surface area (Å²) in [5, 5.41) is 4.11. The third kappa shape index (κ3) is 4.43. The van der Waals surface area contributed by atoms with E-state index in [4.69, 9.17) is 16.3 Å². The third-order valence-corrected chi connectivity index (χ3v) is 3.70. The molecule has 0 radical (unpaired) electrons. The number of hydrogen-bond acceptors (Lipinski definition) is 2. The molecule has 1 N–H and O–H groups in total. The van der Waals surface area contributed by atoms with E-state index in [1.807, 2.05) is 56.3 Å². The van der Waals surface area contributed by atoms with Crippen LogP contribution in [0.3, 0.4) is 0 Å². The van der Waals surface area contributed by atoms with E-state index in [9.17, 15) is 0 Å². The summed E-state index contributed by atoms with van der Waals surface area (Å²) in [5.74, 6) is 0.887. The summed E-state index contributed by atoms with van der Waals surface area (Å²) in [5.41, 5.74) is 2.22. The molecular weight excluding hydrogens is 338 g/mol. The average Bonchev–Trinajstić information content (AvgIpc) is 2.39. The van der Waals surface area contributed by atoms with Crippen molar-refractivity contribution in [3.63, 3.8) is 0 Å². The van der Waals surface area contributed by atoms with Gasteiger partial charge in [0.1, 0.15) is 5.75 Å². The van der Waals surface area contributed by atoms with Crippen molar-refractivity contribution in [2.45, 2.75) is 26.5 Å². The Kier molecular flexibility index (Phi) is 5.32. The van der Waals surface area contributed by atoms with Crippen LogP contribution in [0.4, 0.5) is 5.69 Å². The summed E-state index contributed by atoms with van der Waals surface area (Å²) in [6, 6.07) is 13.8. The van der Waals surface area contributed by atoms with Crippen LogP contribution in [0.25, 0.3) is 0 Å². The van der Waals surface area contributed by atoms with Gasteiger partial charge in [0.2, 0.25) is 0 Å². The molecule has 0 atom stereocenters. The second-order valence-corrected chi connectivity index (χ2v) is 6.07. The van der Waals surface area contributed by atoms with E-state index in [-0.39, 0.29) is 6.10 Å². The number of benzene rings is 2. The Morgan fingerprint density at radius 1 is 1.15 bits per heavy atom. The molecule has 2 aromatic carbocycles. The van der Waals surface area contributed by atoms with Crippen LogP contribution in [0.2, 0.25) is 5.02 Å². The van der Waals surface area contributed by atoms with Gasteiger partial charge in [-0.15, -0.1) is 0 Å². The smallest absolute Gasteiger partial charge is 0.119 e. The van der Waals surface area contributed by atoms with Crippen molar-refractivity contribution < 1.29 is 4.74 Å². The summed E-state index contributed by atoms with van der Waals surface area (Å²) in [4.78, 5) is 0. The van der Waals surface area contributed by atoms with Crippen LogP contribution >= 0.6 is 27.5 Å². The van der Waals surface area contributed by atoms with Crippen molar-refractivity contribution in [3.8, 4) is 5.75 Å². The molecule has 20 heavy (non-hydrogen) atoms. The van der Waals surface area contributed by atoms with Gasteiger partial charge in [-0.05, 0) is 55.8 Å². The molecule has 2 aromatic rings. The van der Waals surface area contributed by atoms with E-state index in [1.54, 1.807) is 0 Å². The molecule has 0 aliphatic rings. The van der Waals surface area contributed by atoms with E-state index < -0.39 is 0 Å². The number of anilines is 1. The normalized spacial score (nSPS) is 10.7. The van der Waals surface area contributed by atoms with E-state index in [2.05, 4.69) is 21.2 Å². The SMILES string of the molecule is CC(C)Oc1ccc(NCc2ccc(Cl)cc2Br)cc1. The van der Waals surface area contributed by atoms with Gasteiger partial charge in [-0.25, -0.2) is 0 Å². The first kappa shape index (κ1) is 15.2. The fourth-order valence-corrected chi connectivity index (χ4v) is 2.61. The minimum Gasteiger partial charge on any atom is -0.491 e. The molecule has 0 unspecified atom stereocenters. The highest BCUT2D eigenvalue weighted by Gasteiger charge is 2.02. The van der Waals surface area contributed by atoms with Crippen molar-refractivity contribution in [2.75, 3.05) is 5.32 Å². The lowest BCUT2D eigenvalue weighted by molar-refractivity contribution is 0.242. The molecule has 2 nitrogen and oxygen atoms in total.